The first-order valence-electron chi connectivity index (χ1n) is 14.8. The quantitative estimate of drug-likeness (QED) is 0.217. The monoisotopic (exact) mass is 636 g/mol. The zero-order valence-corrected chi connectivity index (χ0v) is 25.4. The van der Waals surface area contributed by atoms with Crippen molar-refractivity contribution in [2.75, 3.05) is 13.2 Å². The van der Waals surface area contributed by atoms with Gasteiger partial charge in [-0.2, -0.15) is 0 Å². The van der Waals surface area contributed by atoms with Gasteiger partial charge in [0.05, 0.1) is 26.4 Å². The number of benzene rings is 2. The van der Waals surface area contributed by atoms with Crippen LogP contribution in [0.1, 0.15) is 31.2 Å². The number of hydrogen-bond acceptors (Lipinski definition) is 11. The molecular weight excluding hydrogens is 600 g/mol. The molecule has 0 unspecified atom stereocenters. The standard InChI is InChI=1S/C33H36N2O11/c1-21(36)43-30-27(46-32(31(30)44-22(2)37)35-16-15-28(38)34-33(35)39)20-42-29-14-13-25(41-18-24-11-7-4-8-12-24)26(45-29)19-40-17-23-9-5-3-6-10-23/h3-16,25-27,29-32H,17-20H2,1-2H3,(H,34,38,39)/t25-,26+,27+,29-,30+,31+,32+/m0/s1. The lowest BCUT2D eigenvalue weighted by Gasteiger charge is -2.33. The molecule has 2 aromatic carbocycles. The number of esters is 2. The van der Waals surface area contributed by atoms with E-state index in [4.69, 9.17) is 33.2 Å². The summed E-state index contributed by atoms with van der Waals surface area (Å²) in [6, 6.07) is 20.6. The molecule has 0 amide bonds. The Bertz CT molecular complexity index is 1590. The fourth-order valence-electron chi connectivity index (χ4n) is 5.18. The molecular formula is C33H36N2O11. The number of carbonyl (C=O) groups is 2. The van der Waals surface area contributed by atoms with E-state index >= 15 is 0 Å². The third-order valence-corrected chi connectivity index (χ3v) is 7.25. The number of aromatic nitrogens is 2. The van der Waals surface area contributed by atoms with Crippen LogP contribution < -0.4 is 11.2 Å². The number of nitrogens with zero attached hydrogens (tertiary/aromatic N) is 1. The Balaban J connectivity index is 1.29. The van der Waals surface area contributed by atoms with E-state index in [2.05, 4.69) is 4.98 Å². The third kappa shape index (κ3) is 8.86. The van der Waals surface area contributed by atoms with Gasteiger partial charge in [0.25, 0.3) is 5.56 Å². The van der Waals surface area contributed by atoms with Gasteiger partial charge in [-0.05, 0) is 17.2 Å². The van der Waals surface area contributed by atoms with Gasteiger partial charge in [0.2, 0.25) is 0 Å². The van der Waals surface area contributed by atoms with Gasteiger partial charge in [-0.1, -0.05) is 66.7 Å². The number of ether oxygens (including phenoxy) is 7. The molecule has 3 aromatic rings. The molecule has 13 nitrogen and oxygen atoms in total. The molecule has 0 spiro atoms. The molecule has 1 saturated heterocycles. The average molecular weight is 637 g/mol. The van der Waals surface area contributed by atoms with Gasteiger partial charge in [-0.15, -0.1) is 0 Å². The molecule has 0 saturated carbocycles. The number of hydrogen-bond donors (Lipinski definition) is 1. The molecule has 13 heteroatoms. The first-order chi connectivity index (χ1) is 22.3. The van der Waals surface area contributed by atoms with E-state index in [-0.39, 0.29) is 13.2 Å². The van der Waals surface area contributed by atoms with Crippen molar-refractivity contribution in [3.63, 3.8) is 0 Å². The molecule has 2 aliphatic rings. The van der Waals surface area contributed by atoms with Crippen molar-refractivity contribution in [1.82, 2.24) is 9.55 Å². The topological polar surface area (TPSA) is 154 Å². The van der Waals surface area contributed by atoms with Crippen LogP contribution in [0.3, 0.4) is 0 Å². The molecule has 1 N–H and O–H groups in total. The minimum absolute atomic E-state index is 0.174. The first-order valence-corrected chi connectivity index (χ1v) is 14.8. The van der Waals surface area contributed by atoms with E-state index in [9.17, 15) is 19.2 Å². The van der Waals surface area contributed by atoms with Gasteiger partial charge < -0.3 is 33.2 Å². The van der Waals surface area contributed by atoms with Crippen LogP contribution in [0.15, 0.2) is 94.7 Å². The van der Waals surface area contributed by atoms with Crippen LogP contribution in [0.2, 0.25) is 0 Å². The van der Waals surface area contributed by atoms with Gasteiger partial charge >= 0.3 is 17.6 Å². The van der Waals surface area contributed by atoms with Crippen molar-refractivity contribution >= 4 is 11.9 Å². The highest BCUT2D eigenvalue weighted by Crippen LogP contribution is 2.34. The van der Waals surface area contributed by atoms with E-state index < -0.39 is 66.2 Å². The van der Waals surface area contributed by atoms with Gasteiger partial charge in [0.1, 0.15) is 18.3 Å². The largest absolute Gasteiger partial charge is 0.456 e. The SMILES string of the molecule is CC(=O)O[C@@H]1[C@H](OC(C)=O)[C@@H](CO[C@@H]2C=C[C@H](OCc3ccccc3)[C@@H](COCc3ccccc3)O2)O[C@H]1n1ccc(=O)[nH]c1=O. The van der Waals surface area contributed by atoms with Crippen LogP contribution >= 0.6 is 0 Å². The summed E-state index contributed by atoms with van der Waals surface area (Å²) in [5.74, 6) is -1.35. The lowest BCUT2D eigenvalue weighted by atomic mass is 10.1. The number of carbonyl (C=O) groups excluding carboxylic acids is 2. The Morgan fingerprint density at radius 3 is 2.07 bits per heavy atom. The van der Waals surface area contributed by atoms with E-state index in [1.54, 1.807) is 6.08 Å². The Morgan fingerprint density at radius 2 is 1.41 bits per heavy atom. The summed E-state index contributed by atoms with van der Waals surface area (Å²) in [7, 11) is 0. The summed E-state index contributed by atoms with van der Waals surface area (Å²) in [5.41, 5.74) is 0.605. The maximum atomic E-state index is 12.6. The Kier molecular flexibility index (Phi) is 11.3. The zero-order valence-electron chi connectivity index (χ0n) is 25.4. The molecule has 244 valence electrons. The van der Waals surface area contributed by atoms with Crippen molar-refractivity contribution in [3.05, 3.63) is 117 Å². The predicted molar refractivity (Wildman–Crippen MR) is 161 cm³/mol. The average Bonchev–Trinajstić information content (AvgIpc) is 3.35. The van der Waals surface area contributed by atoms with E-state index in [1.165, 1.54) is 20.0 Å². The van der Waals surface area contributed by atoms with Crippen molar-refractivity contribution in [2.45, 2.75) is 70.1 Å². The highest BCUT2D eigenvalue weighted by Gasteiger charge is 2.50. The Labute approximate surface area is 264 Å². The van der Waals surface area contributed by atoms with Crippen LogP contribution in [0.4, 0.5) is 0 Å². The minimum atomic E-state index is -1.22. The third-order valence-electron chi connectivity index (χ3n) is 7.25. The highest BCUT2D eigenvalue weighted by molar-refractivity contribution is 5.67. The summed E-state index contributed by atoms with van der Waals surface area (Å²) in [4.78, 5) is 50.4. The second kappa shape index (κ2) is 15.7. The summed E-state index contributed by atoms with van der Waals surface area (Å²) >= 11 is 0. The molecule has 1 fully saturated rings. The second-order valence-corrected chi connectivity index (χ2v) is 10.8. The molecule has 3 heterocycles. The van der Waals surface area contributed by atoms with Crippen LogP contribution in [-0.2, 0) is 56.0 Å². The smallest absolute Gasteiger partial charge is 0.330 e. The molecule has 0 aliphatic carbocycles. The van der Waals surface area contributed by atoms with Crippen LogP contribution in [0.25, 0.3) is 0 Å². The van der Waals surface area contributed by atoms with Gasteiger partial charge in [0, 0.05) is 26.1 Å². The molecule has 0 radical (unpaired) electrons. The van der Waals surface area contributed by atoms with Crippen molar-refractivity contribution < 1.29 is 42.7 Å². The minimum Gasteiger partial charge on any atom is -0.456 e. The summed E-state index contributed by atoms with van der Waals surface area (Å²) in [6.45, 7) is 3.16. The maximum Gasteiger partial charge on any atom is 0.330 e. The van der Waals surface area contributed by atoms with Gasteiger partial charge in [0.15, 0.2) is 24.7 Å². The van der Waals surface area contributed by atoms with Crippen molar-refractivity contribution in [1.29, 1.82) is 0 Å². The van der Waals surface area contributed by atoms with E-state index in [1.807, 2.05) is 66.7 Å². The summed E-state index contributed by atoms with van der Waals surface area (Å²) in [6.07, 6.45) is -1.61. The fourth-order valence-corrected chi connectivity index (χ4v) is 5.18. The lowest BCUT2D eigenvalue weighted by molar-refractivity contribution is -0.208. The van der Waals surface area contributed by atoms with Crippen molar-refractivity contribution in [3.8, 4) is 0 Å². The summed E-state index contributed by atoms with van der Waals surface area (Å²) in [5, 5.41) is 0. The maximum absolute atomic E-state index is 12.6. The number of aromatic amines is 1. The van der Waals surface area contributed by atoms with Crippen LogP contribution in [-0.4, -0.2) is 71.5 Å². The van der Waals surface area contributed by atoms with E-state index in [0.29, 0.717) is 13.2 Å². The molecule has 7 atom stereocenters. The molecule has 0 bridgehead atoms. The molecule has 5 rings (SSSR count). The molecule has 46 heavy (non-hydrogen) atoms. The van der Waals surface area contributed by atoms with E-state index in [0.717, 1.165) is 21.8 Å². The number of H-pyrrole nitrogens is 1. The zero-order chi connectivity index (χ0) is 32.5. The number of nitrogens with one attached hydrogen (secondary N) is 1. The number of rotatable bonds is 13. The van der Waals surface area contributed by atoms with Gasteiger partial charge in [-0.3, -0.25) is 23.9 Å². The highest BCUT2D eigenvalue weighted by atomic mass is 16.7. The summed E-state index contributed by atoms with van der Waals surface area (Å²) < 4.78 is 42.5. The van der Waals surface area contributed by atoms with Crippen LogP contribution in [0.5, 0.6) is 0 Å². The normalized spacial score (nSPS) is 25.7. The predicted octanol–water partition coefficient (Wildman–Crippen LogP) is 2.40. The van der Waals surface area contributed by atoms with Crippen LogP contribution in [0, 0.1) is 0 Å². The molecule has 1 aromatic heterocycles. The fraction of sp³-hybridized carbons (Fsp3) is 0.394. The van der Waals surface area contributed by atoms with Crippen molar-refractivity contribution in [2.24, 2.45) is 0 Å². The Morgan fingerprint density at radius 1 is 0.761 bits per heavy atom. The second-order valence-electron chi connectivity index (χ2n) is 10.8. The van der Waals surface area contributed by atoms with Gasteiger partial charge in [-0.25, -0.2) is 4.79 Å². The first kappa shape index (κ1) is 33.0. The lowest BCUT2D eigenvalue weighted by Crippen LogP contribution is -2.44. The molecule has 2 aliphatic heterocycles. The Hall–Kier alpha value is -4.40.